The molecule has 0 bridgehead atoms. The van der Waals surface area contributed by atoms with Crippen molar-refractivity contribution in [1.29, 1.82) is 0 Å². The lowest BCUT2D eigenvalue weighted by Gasteiger charge is -2.15. The van der Waals surface area contributed by atoms with Crippen molar-refractivity contribution in [3.8, 4) is 5.75 Å². The molecule has 5 nitrogen and oxygen atoms in total. The number of nitrogens with zero attached hydrogens (tertiary/aromatic N) is 1. The van der Waals surface area contributed by atoms with E-state index >= 15 is 0 Å². The first-order valence-electron chi connectivity index (χ1n) is 9.11. The number of hydrogen-bond acceptors (Lipinski definition) is 4. The van der Waals surface area contributed by atoms with Crippen LogP contribution in [-0.4, -0.2) is 32.4 Å². The van der Waals surface area contributed by atoms with Gasteiger partial charge >= 0.3 is 0 Å². The maximum atomic E-state index is 12.5. The summed E-state index contributed by atoms with van der Waals surface area (Å²) in [5, 5.41) is 3.38. The van der Waals surface area contributed by atoms with E-state index in [-0.39, 0.29) is 0 Å². The van der Waals surface area contributed by atoms with Gasteiger partial charge in [0.25, 0.3) is 0 Å². The highest BCUT2D eigenvalue weighted by Gasteiger charge is 2.26. The van der Waals surface area contributed by atoms with E-state index in [0.29, 0.717) is 31.1 Å². The molecule has 26 heavy (non-hydrogen) atoms. The molecule has 140 valence electrons. The Bertz CT molecular complexity index is 796. The van der Waals surface area contributed by atoms with Crippen LogP contribution in [0, 0.1) is 0 Å². The van der Waals surface area contributed by atoms with Crippen molar-refractivity contribution in [2.24, 2.45) is 0 Å². The maximum absolute atomic E-state index is 12.5. The summed E-state index contributed by atoms with van der Waals surface area (Å²) in [5.74, 6) is 0.881. The van der Waals surface area contributed by atoms with E-state index in [1.165, 1.54) is 5.56 Å². The number of nitrogens with one attached hydrogen (secondary N) is 1. The number of benzene rings is 2. The van der Waals surface area contributed by atoms with Crippen LogP contribution in [0.15, 0.2) is 53.4 Å². The van der Waals surface area contributed by atoms with Crippen LogP contribution in [0.2, 0.25) is 0 Å². The van der Waals surface area contributed by atoms with Gasteiger partial charge in [-0.05, 0) is 55.2 Å². The minimum atomic E-state index is -3.33. The van der Waals surface area contributed by atoms with Crippen LogP contribution in [0.5, 0.6) is 5.75 Å². The van der Waals surface area contributed by atoms with Gasteiger partial charge in [-0.2, -0.15) is 4.31 Å². The standard InChI is InChI=1S/C20H26N2O3S/c1-2-25-19-9-5-17(6-10-19)15-21-16-18-7-11-20(12-8-18)26(23,24)22-13-3-4-14-22/h5-12,21H,2-4,13-16H2,1H3. The van der Waals surface area contributed by atoms with Gasteiger partial charge in [-0.15, -0.1) is 0 Å². The van der Waals surface area contributed by atoms with Gasteiger partial charge in [-0.25, -0.2) is 8.42 Å². The van der Waals surface area contributed by atoms with Crippen molar-refractivity contribution in [3.05, 3.63) is 59.7 Å². The fourth-order valence-electron chi connectivity index (χ4n) is 3.08. The fraction of sp³-hybridized carbons (Fsp3) is 0.400. The zero-order chi connectivity index (χ0) is 18.4. The van der Waals surface area contributed by atoms with E-state index in [2.05, 4.69) is 5.32 Å². The maximum Gasteiger partial charge on any atom is 0.243 e. The van der Waals surface area contributed by atoms with Crippen molar-refractivity contribution in [3.63, 3.8) is 0 Å². The van der Waals surface area contributed by atoms with Crippen LogP contribution in [0.1, 0.15) is 30.9 Å². The molecule has 3 rings (SSSR count). The Morgan fingerprint density at radius 1 is 0.923 bits per heavy atom. The van der Waals surface area contributed by atoms with E-state index in [4.69, 9.17) is 4.74 Å². The second kappa shape index (κ2) is 8.66. The van der Waals surface area contributed by atoms with Crippen LogP contribution in [0.25, 0.3) is 0 Å². The smallest absolute Gasteiger partial charge is 0.243 e. The molecule has 2 aromatic carbocycles. The SMILES string of the molecule is CCOc1ccc(CNCc2ccc(S(=O)(=O)N3CCCC3)cc2)cc1. The largest absolute Gasteiger partial charge is 0.494 e. The Balaban J connectivity index is 1.53. The molecular weight excluding hydrogens is 348 g/mol. The topological polar surface area (TPSA) is 58.6 Å². The molecule has 1 N–H and O–H groups in total. The third kappa shape index (κ3) is 4.63. The Labute approximate surface area is 156 Å². The molecule has 6 heteroatoms. The van der Waals surface area contributed by atoms with Crippen LogP contribution in [0.4, 0.5) is 0 Å². The van der Waals surface area contributed by atoms with Gasteiger partial charge < -0.3 is 10.1 Å². The van der Waals surface area contributed by atoms with Gasteiger partial charge in [0.15, 0.2) is 0 Å². The van der Waals surface area contributed by atoms with Gasteiger partial charge in [-0.1, -0.05) is 24.3 Å². The molecule has 1 aliphatic heterocycles. The monoisotopic (exact) mass is 374 g/mol. The second-order valence-corrected chi connectivity index (χ2v) is 8.37. The highest BCUT2D eigenvalue weighted by atomic mass is 32.2. The van der Waals surface area contributed by atoms with Crippen LogP contribution in [-0.2, 0) is 23.1 Å². The molecule has 0 aromatic heterocycles. The zero-order valence-corrected chi connectivity index (χ0v) is 16.0. The molecule has 0 unspecified atom stereocenters. The third-order valence-corrected chi connectivity index (χ3v) is 6.43. The lowest BCUT2D eigenvalue weighted by molar-refractivity contribution is 0.340. The average Bonchev–Trinajstić information content (AvgIpc) is 3.20. The number of hydrogen-bond donors (Lipinski definition) is 1. The van der Waals surface area contributed by atoms with E-state index in [1.54, 1.807) is 16.4 Å². The Hall–Kier alpha value is -1.89. The Morgan fingerprint density at radius 2 is 1.46 bits per heavy atom. The molecule has 1 aliphatic rings. The average molecular weight is 375 g/mol. The van der Waals surface area contributed by atoms with Crippen LogP contribution >= 0.6 is 0 Å². The summed E-state index contributed by atoms with van der Waals surface area (Å²) in [6.45, 7) is 5.34. The molecule has 0 aliphatic carbocycles. The normalized spacial score (nSPS) is 15.3. The molecule has 1 saturated heterocycles. The third-order valence-electron chi connectivity index (χ3n) is 4.52. The molecule has 1 heterocycles. The summed E-state index contributed by atoms with van der Waals surface area (Å²) >= 11 is 0. The van der Waals surface area contributed by atoms with Gasteiger partial charge in [0.05, 0.1) is 11.5 Å². The molecule has 2 aromatic rings. The Morgan fingerprint density at radius 3 is 2.00 bits per heavy atom. The first-order chi connectivity index (χ1) is 12.6. The van der Waals surface area contributed by atoms with Crippen molar-refractivity contribution in [2.45, 2.75) is 37.8 Å². The molecule has 0 spiro atoms. The van der Waals surface area contributed by atoms with Crippen molar-refractivity contribution in [1.82, 2.24) is 9.62 Å². The van der Waals surface area contributed by atoms with E-state index in [0.717, 1.165) is 30.7 Å². The molecule has 0 atom stereocenters. The number of rotatable bonds is 8. The summed E-state index contributed by atoms with van der Waals surface area (Å²) in [5.41, 5.74) is 2.25. The quantitative estimate of drug-likeness (QED) is 0.771. The Kier molecular flexibility index (Phi) is 6.29. The van der Waals surface area contributed by atoms with E-state index in [1.807, 2.05) is 43.3 Å². The zero-order valence-electron chi connectivity index (χ0n) is 15.1. The number of ether oxygens (including phenoxy) is 1. The lowest BCUT2D eigenvalue weighted by atomic mass is 10.2. The van der Waals surface area contributed by atoms with E-state index < -0.39 is 10.0 Å². The summed E-state index contributed by atoms with van der Waals surface area (Å²) in [4.78, 5) is 0.384. The van der Waals surface area contributed by atoms with Gasteiger partial charge in [-0.3, -0.25) is 0 Å². The molecule has 1 fully saturated rings. The second-order valence-electron chi connectivity index (χ2n) is 6.44. The highest BCUT2D eigenvalue weighted by Crippen LogP contribution is 2.21. The van der Waals surface area contributed by atoms with Gasteiger partial charge in [0.2, 0.25) is 10.0 Å². The number of sulfonamides is 1. The van der Waals surface area contributed by atoms with Crippen molar-refractivity contribution < 1.29 is 13.2 Å². The molecule has 0 amide bonds. The fourth-order valence-corrected chi connectivity index (χ4v) is 4.60. The first kappa shape index (κ1) is 18.9. The lowest BCUT2D eigenvalue weighted by Crippen LogP contribution is -2.27. The molecular formula is C20H26N2O3S. The minimum absolute atomic E-state index is 0.384. The summed E-state index contributed by atoms with van der Waals surface area (Å²) in [6.07, 6.45) is 1.90. The van der Waals surface area contributed by atoms with Crippen LogP contribution in [0.3, 0.4) is 0 Å². The molecule has 0 radical (unpaired) electrons. The van der Waals surface area contributed by atoms with Gasteiger partial charge in [0, 0.05) is 26.2 Å². The first-order valence-corrected chi connectivity index (χ1v) is 10.5. The van der Waals surface area contributed by atoms with Crippen molar-refractivity contribution >= 4 is 10.0 Å². The predicted molar refractivity (Wildman–Crippen MR) is 103 cm³/mol. The molecule has 0 saturated carbocycles. The van der Waals surface area contributed by atoms with Gasteiger partial charge in [0.1, 0.15) is 5.75 Å². The summed E-state index contributed by atoms with van der Waals surface area (Å²) in [6, 6.07) is 15.2. The predicted octanol–water partition coefficient (Wildman–Crippen LogP) is 3.16. The van der Waals surface area contributed by atoms with E-state index in [9.17, 15) is 8.42 Å². The van der Waals surface area contributed by atoms with Crippen LogP contribution < -0.4 is 10.1 Å². The minimum Gasteiger partial charge on any atom is -0.494 e. The summed E-state index contributed by atoms with van der Waals surface area (Å²) in [7, 11) is -3.33. The highest BCUT2D eigenvalue weighted by molar-refractivity contribution is 7.89. The van der Waals surface area contributed by atoms with Crippen molar-refractivity contribution in [2.75, 3.05) is 19.7 Å². The summed E-state index contributed by atoms with van der Waals surface area (Å²) < 4.78 is 32.1.